The van der Waals surface area contributed by atoms with Crippen LogP contribution in [0.5, 0.6) is 5.75 Å². The summed E-state index contributed by atoms with van der Waals surface area (Å²) in [5.41, 5.74) is 1.51. The van der Waals surface area contributed by atoms with E-state index in [0.29, 0.717) is 23.7 Å². The summed E-state index contributed by atoms with van der Waals surface area (Å²) in [6, 6.07) is 7.96. The summed E-state index contributed by atoms with van der Waals surface area (Å²) < 4.78 is 7.46. The molecule has 1 fully saturated rings. The third-order valence-corrected chi connectivity index (χ3v) is 6.62. The van der Waals surface area contributed by atoms with Crippen LogP contribution in [0.25, 0.3) is 0 Å². The van der Waals surface area contributed by atoms with Crippen molar-refractivity contribution in [2.24, 2.45) is 0 Å². The van der Waals surface area contributed by atoms with Crippen LogP contribution >= 0.6 is 11.8 Å². The Kier molecular flexibility index (Phi) is 5.62. The number of aromatic amines is 1. The van der Waals surface area contributed by atoms with Gasteiger partial charge in [-0.2, -0.15) is 0 Å². The SMILES string of the molecule is C=CCOc1ccc(C2SCC(=O)Nc3c2c(=O)[nH]n3C2CCCCC2)cc1. The summed E-state index contributed by atoms with van der Waals surface area (Å²) in [6.07, 6.45) is 7.29. The number of thioether (sulfide) groups is 1. The van der Waals surface area contributed by atoms with Gasteiger partial charge in [0.2, 0.25) is 5.91 Å². The summed E-state index contributed by atoms with van der Waals surface area (Å²) in [5.74, 6) is 1.65. The van der Waals surface area contributed by atoms with E-state index in [4.69, 9.17) is 4.74 Å². The molecule has 1 saturated carbocycles. The summed E-state index contributed by atoms with van der Waals surface area (Å²) in [5, 5.41) is 5.80. The zero-order chi connectivity index (χ0) is 19.5. The van der Waals surface area contributed by atoms with Crippen molar-refractivity contribution in [3.63, 3.8) is 0 Å². The van der Waals surface area contributed by atoms with Gasteiger partial charge in [0.05, 0.1) is 22.6 Å². The van der Waals surface area contributed by atoms with Gasteiger partial charge in [0.15, 0.2) is 0 Å². The molecule has 28 heavy (non-hydrogen) atoms. The number of benzene rings is 1. The number of anilines is 1. The van der Waals surface area contributed by atoms with Crippen LogP contribution in [-0.4, -0.2) is 28.0 Å². The first-order valence-corrected chi connectivity index (χ1v) is 10.8. The molecule has 1 atom stereocenters. The van der Waals surface area contributed by atoms with Gasteiger partial charge < -0.3 is 10.1 Å². The van der Waals surface area contributed by atoms with E-state index < -0.39 is 0 Å². The number of nitrogens with one attached hydrogen (secondary N) is 2. The summed E-state index contributed by atoms with van der Waals surface area (Å²) in [6.45, 7) is 4.10. The molecular formula is C21H25N3O3S. The maximum atomic E-state index is 12.9. The molecule has 2 heterocycles. The number of ether oxygens (including phenoxy) is 1. The largest absolute Gasteiger partial charge is 0.490 e. The maximum absolute atomic E-state index is 12.9. The van der Waals surface area contributed by atoms with Crippen LogP contribution in [0, 0.1) is 0 Å². The minimum atomic E-state index is -0.198. The molecule has 1 aliphatic carbocycles. The third-order valence-electron chi connectivity index (χ3n) is 5.35. The topological polar surface area (TPSA) is 76.1 Å². The first kappa shape index (κ1) is 18.9. The van der Waals surface area contributed by atoms with E-state index in [1.54, 1.807) is 6.08 Å². The van der Waals surface area contributed by atoms with E-state index >= 15 is 0 Å². The normalized spacial score (nSPS) is 20.1. The van der Waals surface area contributed by atoms with Gasteiger partial charge in [-0.1, -0.05) is 44.1 Å². The van der Waals surface area contributed by atoms with Crippen LogP contribution in [0.1, 0.15) is 54.5 Å². The third kappa shape index (κ3) is 3.76. The van der Waals surface area contributed by atoms with Crippen LogP contribution in [0.4, 0.5) is 5.82 Å². The van der Waals surface area contributed by atoms with Gasteiger partial charge in [-0.25, -0.2) is 0 Å². The monoisotopic (exact) mass is 399 g/mol. The highest BCUT2D eigenvalue weighted by Crippen LogP contribution is 2.42. The van der Waals surface area contributed by atoms with Crippen molar-refractivity contribution in [1.29, 1.82) is 0 Å². The van der Waals surface area contributed by atoms with Gasteiger partial charge in [0.1, 0.15) is 18.2 Å². The number of hydrogen-bond acceptors (Lipinski definition) is 4. The molecule has 0 saturated heterocycles. The van der Waals surface area contributed by atoms with Gasteiger partial charge in [0.25, 0.3) is 5.56 Å². The van der Waals surface area contributed by atoms with E-state index in [0.717, 1.165) is 37.0 Å². The minimum Gasteiger partial charge on any atom is -0.490 e. The van der Waals surface area contributed by atoms with Gasteiger partial charge in [0, 0.05) is 0 Å². The van der Waals surface area contributed by atoms with Crippen LogP contribution < -0.4 is 15.6 Å². The second-order valence-corrected chi connectivity index (χ2v) is 8.37. The van der Waals surface area contributed by atoms with Gasteiger partial charge in [-0.15, -0.1) is 11.8 Å². The predicted octanol–water partition coefficient (Wildman–Crippen LogP) is 4.02. The molecular weight excluding hydrogens is 374 g/mol. The zero-order valence-electron chi connectivity index (χ0n) is 15.8. The Morgan fingerprint density at radius 1 is 1.18 bits per heavy atom. The Hall–Kier alpha value is -2.41. The molecule has 0 radical (unpaired) electrons. The van der Waals surface area contributed by atoms with Gasteiger partial charge in [-0.3, -0.25) is 19.4 Å². The molecule has 1 aromatic carbocycles. The van der Waals surface area contributed by atoms with E-state index in [9.17, 15) is 9.59 Å². The predicted molar refractivity (Wildman–Crippen MR) is 112 cm³/mol. The van der Waals surface area contributed by atoms with Crippen LogP contribution in [0.15, 0.2) is 41.7 Å². The minimum absolute atomic E-state index is 0.0664. The average molecular weight is 400 g/mol. The molecule has 2 aliphatic rings. The first-order chi connectivity index (χ1) is 13.7. The Labute approximate surface area is 168 Å². The van der Waals surface area contributed by atoms with Gasteiger partial charge in [-0.05, 0) is 30.5 Å². The van der Waals surface area contributed by atoms with E-state index in [1.165, 1.54) is 18.2 Å². The second-order valence-electron chi connectivity index (χ2n) is 7.27. The zero-order valence-corrected chi connectivity index (χ0v) is 16.6. The Morgan fingerprint density at radius 3 is 2.64 bits per heavy atom. The van der Waals surface area contributed by atoms with Crippen molar-refractivity contribution >= 4 is 23.5 Å². The Morgan fingerprint density at radius 2 is 1.93 bits per heavy atom. The Balaban J connectivity index is 1.71. The van der Waals surface area contributed by atoms with Crippen molar-refractivity contribution in [1.82, 2.24) is 9.78 Å². The lowest BCUT2D eigenvalue weighted by atomic mass is 9.95. The number of nitrogens with zero attached hydrogens (tertiary/aromatic N) is 1. The fraction of sp³-hybridized carbons (Fsp3) is 0.429. The molecule has 1 aliphatic heterocycles. The van der Waals surface area contributed by atoms with Crippen molar-refractivity contribution in [2.45, 2.75) is 43.4 Å². The number of carbonyl (C=O) groups is 1. The van der Waals surface area contributed by atoms with Crippen molar-refractivity contribution in [3.05, 3.63) is 58.4 Å². The molecule has 6 nitrogen and oxygen atoms in total. The summed E-state index contributed by atoms with van der Waals surface area (Å²) in [7, 11) is 0. The van der Waals surface area contributed by atoms with Crippen LogP contribution in [-0.2, 0) is 4.79 Å². The molecule has 7 heteroatoms. The molecule has 0 bridgehead atoms. The summed E-state index contributed by atoms with van der Waals surface area (Å²) in [4.78, 5) is 25.3. The number of aromatic nitrogens is 2. The number of carbonyl (C=O) groups excluding carboxylic acids is 1. The molecule has 4 rings (SSSR count). The highest BCUT2D eigenvalue weighted by atomic mass is 32.2. The highest BCUT2D eigenvalue weighted by Gasteiger charge is 2.32. The molecule has 2 N–H and O–H groups in total. The van der Waals surface area contributed by atoms with Crippen molar-refractivity contribution in [2.75, 3.05) is 17.7 Å². The smallest absolute Gasteiger partial charge is 0.270 e. The van der Waals surface area contributed by atoms with Crippen molar-refractivity contribution in [3.8, 4) is 5.75 Å². The quantitative estimate of drug-likeness (QED) is 0.745. The maximum Gasteiger partial charge on any atom is 0.270 e. The second kappa shape index (κ2) is 8.31. The van der Waals surface area contributed by atoms with Crippen LogP contribution in [0.3, 0.4) is 0 Å². The fourth-order valence-corrected chi connectivity index (χ4v) is 5.14. The molecule has 1 unspecified atom stereocenters. The van der Waals surface area contributed by atoms with E-state index in [1.807, 2.05) is 28.9 Å². The molecule has 0 spiro atoms. The standard InChI is InChI=1S/C21H25N3O3S/c1-2-12-27-16-10-8-14(9-11-16)19-18-20(22-17(25)13-28-19)24(23-21(18)26)15-6-4-3-5-7-15/h2,8-11,15,19H,1,3-7,12-13H2,(H,22,25)(H,23,26). The molecule has 1 aromatic heterocycles. The van der Waals surface area contributed by atoms with E-state index in [-0.39, 0.29) is 22.8 Å². The lowest BCUT2D eigenvalue weighted by Gasteiger charge is -2.24. The van der Waals surface area contributed by atoms with E-state index in [2.05, 4.69) is 17.0 Å². The number of hydrogen-bond donors (Lipinski definition) is 2. The summed E-state index contributed by atoms with van der Waals surface area (Å²) >= 11 is 1.48. The number of fused-ring (bicyclic) bond motifs is 1. The molecule has 2 aromatic rings. The van der Waals surface area contributed by atoms with Crippen LogP contribution in [0.2, 0.25) is 0 Å². The Bertz CT molecular complexity index is 910. The molecule has 148 valence electrons. The molecule has 1 amide bonds. The average Bonchev–Trinajstić information content (AvgIpc) is 2.93. The van der Waals surface area contributed by atoms with Gasteiger partial charge >= 0.3 is 0 Å². The highest BCUT2D eigenvalue weighted by molar-refractivity contribution is 8.00. The number of rotatable bonds is 5. The number of H-pyrrole nitrogens is 1. The lowest BCUT2D eigenvalue weighted by molar-refractivity contribution is -0.113. The number of amides is 1. The van der Waals surface area contributed by atoms with Crippen molar-refractivity contribution < 1.29 is 9.53 Å². The lowest BCUT2D eigenvalue weighted by Crippen LogP contribution is -2.21. The first-order valence-electron chi connectivity index (χ1n) is 9.77. The fourth-order valence-electron chi connectivity index (χ4n) is 4.01.